The summed E-state index contributed by atoms with van der Waals surface area (Å²) < 4.78 is 29.5. The molecule has 0 aliphatic heterocycles. The number of halogens is 1. The molecule has 1 fully saturated rings. The van der Waals surface area contributed by atoms with Gasteiger partial charge in [-0.05, 0) is 55.2 Å². The first-order valence-corrected chi connectivity index (χ1v) is 10.1. The Morgan fingerprint density at radius 1 is 1.00 bits per heavy atom. The predicted octanol–water partition coefficient (Wildman–Crippen LogP) is 3.64. The van der Waals surface area contributed by atoms with Crippen molar-refractivity contribution in [3.05, 3.63) is 53.3 Å². The minimum absolute atomic E-state index is 0.0520. The summed E-state index contributed by atoms with van der Waals surface area (Å²) in [5.74, 6) is 2.30. The van der Waals surface area contributed by atoms with Crippen molar-refractivity contribution in [3.8, 4) is 17.2 Å². The Labute approximate surface area is 177 Å². The summed E-state index contributed by atoms with van der Waals surface area (Å²) in [5, 5.41) is 6.73. The molecule has 7 heteroatoms. The van der Waals surface area contributed by atoms with Crippen molar-refractivity contribution in [1.29, 1.82) is 0 Å². The van der Waals surface area contributed by atoms with Gasteiger partial charge in [-0.2, -0.15) is 0 Å². The summed E-state index contributed by atoms with van der Waals surface area (Å²) in [5.41, 5.74) is 2.16. The maximum Gasteiger partial charge on any atom is 0.203 e. The van der Waals surface area contributed by atoms with Crippen LogP contribution in [0, 0.1) is 5.82 Å². The summed E-state index contributed by atoms with van der Waals surface area (Å²) in [4.78, 5) is 4.71. The Balaban J connectivity index is 1.71. The molecule has 0 aromatic heterocycles. The Hall–Kier alpha value is -2.96. The van der Waals surface area contributed by atoms with E-state index in [1.807, 2.05) is 31.2 Å². The monoisotopic (exact) mass is 415 g/mol. The summed E-state index contributed by atoms with van der Waals surface area (Å²) in [7, 11) is 4.78. The maximum atomic E-state index is 13.3. The van der Waals surface area contributed by atoms with E-state index in [0.29, 0.717) is 23.8 Å². The quantitative estimate of drug-likeness (QED) is 0.484. The summed E-state index contributed by atoms with van der Waals surface area (Å²) in [6.45, 7) is 3.99. The van der Waals surface area contributed by atoms with Crippen LogP contribution in [0.5, 0.6) is 17.2 Å². The molecular formula is C23H30FN3O3. The van der Waals surface area contributed by atoms with E-state index in [9.17, 15) is 4.39 Å². The largest absolute Gasteiger partial charge is 0.493 e. The van der Waals surface area contributed by atoms with Gasteiger partial charge < -0.3 is 24.8 Å². The van der Waals surface area contributed by atoms with Crippen molar-refractivity contribution in [2.24, 2.45) is 4.99 Å². The number of rotatable bonds is 9. The van der Waals surface area contributed by atoms with Gasteiger partial charge in [0.05, 0.1) is 27.9 Å². The van der Waals surface area contributed by atoms with Crippen LogP contribution in [0.3, 0.4) is 0 Å². The van der Waals surface area contributed by atoms with Crippen molar-refractivity contribution in [2.45, 2.75) is 31.7 Å². The molecule has 162 valence electrons. The number of aliphatic imine (C=N–C) groups is 1. The van der Waals surface area contributed by atoms with Gasteiger partial charge in [0.15, 0.2) is 17.5 Å². The van der Waals surface area contributed by atoms with Crippen molar-refractivity contribution in [2.75, 3.05) is 34.4 Å². The fraction of sp³-hybridized carbons (Fsp3) is 0.435. The molecule has 0 atom stereocenters. The normalized spacial score (nSPS) is 14.8. The van der Waals surface area contributed by atoms with Crippen LogP contribution in [0.15, 0.2) is 41.4 Å². The highest BCUT2D eigenvalue weighted by Crippen LogP contribution is 2.47. The number of hydrogen-bond donors (Lipinski definition) is 2. The van der Waals surface area contributed by atoms with Gasteiger partial charge in [0, 0.05) is 18.5 Å². The number of ether oxygens (including phenoxy) is 3. The zero-order valence-electron chi connectivity index (χ0n) is 18.0. The molecule has 30 heavy (non-hydrogen) atoms. The smallest absolute Gasteiger partial charge is 0.203 e. The topological polar surface area (TPSA) is 64.1 Å². The Kier molecular flexibility index (Phi) is 7.03. The van der Waals surface area contributed by atoms with E-state index in [2.05, 4.69) is 10.6 Å². The van der Waals surface area contributed by atoms with Gasteiger partial charge in [-0.25, -0.2) is 9.38 Å². The highest BCUT2D eigenvalue weighted by molar-refractivity contribution is 5.80. The first kappa shape index (κ1) is 21.7. The molecule has 2 aromatic carbocycles. The molecule has 3 rings (SSSR count). The highest BCUT2D eigenvalue weighted by Gasteiger charge is 2.44. The van der Waals surface area contributed by atoms with Crippen LogP contribution in [-0.4, -0.2) is 40.4 Å². The molecule has 1 saturated carbocycles. The van der Waals surface area contributed by atoms with Gasteiger partial charge in [-0.3, -0.25) is 0 Å². The third-order valence-corrected chi connectivity index (χ3v) is 5.39. The lowest BCUT2D eigenvalue weighted by atomic mass is 9.96. The van der Waals surface area contributed by atoms with Crippen LogP contribution >= 0.6 is 0 Å². The minimum atomic E-state index is -0.206. The van der Waals surface area contributed by atoms with E-state index in [1.54, 1.807) is 21.3 Å². The number of benzene rings is 2. The fourth-order valence-electron chi connectivity index (χ4n) is 3.51. The Bertz CT molecular complexity index is 855. The van der Waals surface area contributed by atoms with Crippen LogP contribution in [0.2, 0.25) is 0 Å². The molecule has 0 spiro atoms. The lowest BCUT2D eigenvalue weighted by Crippen LogP contribution is -2.41. The van der Waals surface area contributed by atoms with E-state index in [4.69, 9.17) is 19.2 Å². The molecule has 0 radical (unpaired) electrons. The van der Waals surface area contributed by atoms with Crippen LogP contribution in [0.1, 0.15) is 30.9 Å². The average molecular weight is 416 g/mol. The van der Waals surface area contributed by atoms with Crippen LogP contribution < -0.4 is 24.8 Å². The molecular weight excluding hydrogens is 385 g/mol. The van der Waals surface area contributed by atoms with Crippen molar-refractivity contribution >= 4 is 5.96 Å². The second-order valence-electron chi connectivity index (χ2n) is 7.37. The van der Waals surface area contributed by atoms with E-state index < -0.39 is 0 Å². The fourth-order valence-corrected chi connectivity index (χ4v) is 3.51. The van der Waals surface area contributed by atoms with E-state index in [1.165, 1.54) is 12.1 Å². The van der Waals surface area contributed by atoms with Crippen LogP contribution in [-0.2, 0) is 12.0 Å². The van der Waals surface area contributed by atoms with Crippen molar-refractivity contribution < 1.29 is 18.6 Å². The van der Waals surface area contributed by atoms with Gasteiger partial charge in [0.2, 0.25) is 5.75 Å². The molecule has 2 N–H and O–H groups in total. The molecule has 0 amide bonds. The predicted molar refractivity (Wildman–Crippen MR) is 116 cm³/mol. The first-order valence-electron chi connectivity index (χ1n) is 10.1. The Morgan fingerprint density at radius 2 is 1.63 bits per heavy atom. The first-order chi connectivity index (χ1) is 14.5. The van der Waals surface area contributed by atoms with Crippen LogP contribution in [0.4, 0.5) is 4.39 Å². The number of hydrogen-bond acceptors (Lipinski definition) is 4. The van der Waals surface area contributed by atoms with E-state index in [0.717, 1.165) is 43.0 Å². The average Bonchev–Trinajstić information content (AvgIpc) is 3.56. The third-order valence-electron chi connectivity index (χ3n) is 5.39. The van der Waals surface area contributed by atoms with Crippen molar-refractivity contribution in [1.82, 2.24) is 10.6 Å². The second kappa shape index (κ2) is 9.69. The molecule has 0 heterocycles. The number of methoxy groups -OCH3 is 3. The van der Waals surface area contributed by atoms with Gasteiger partial charge in [0.1, 0.15) is 5.82 Å². The molecule has 6 nitrogen and oxygen atoms in total. The van der Waals surface area contributed by atoms with Gasteiger partial charge in [-0.15, -0.1) is 0 Å². The summed E-state index contributed by atoms with van der Waals surface area (Å²) >= 11 is 0. The SMILES string of the molecule is CCNC(=NCc1cc(OC)c(OC)c(OC)c1)NCC1(c2ccc(F)cc2)CC1. The summed E-state index contributed by atoms with van der Waals surface area (Å²) in [6, 6.07) is 10.6. The molecule has 1 aliphatic carbocycles. The number of nitrogens with zero attached hydrogens (tertiary/aromatic N) is 1. The molecule has 0 bridgehead atoms. The lowest BCUT2D eigenvalue weighted by molar-refractivity contribution is 0.324. The second-order valence-corrected chi connectivity index (χ2v) is 7.37. The number of nitrogens with one attached hydrogen (secondary N) is 2. The van der Waals surface area contributed by atoms with E-state index in [-0.39, 0.29) is 11.2 Å². The zero-order valence-corrected chi connectivity index (χ0v) is 18.0. The Morgan fingerprint density at radius 3 is 2.13 bits per heavy atom. The minimum Gasteiger partial charge on any atom is -0.493 e. The molecule has 0 unspecified atom stereocenters. The van der Waals surface area contributed by atoms with E-state index >= 15 is 0 Å². The third kappa shape index (κ3) is 4.96. The van der Waals surface area contributed by atoms with Crippen molar-refractivity contribution in [3.63, 3.8) is 0 Å². The number of guanidine groups is 1. The van der Waals surface area contributed by atoms with Gasteiger partial charge >= 0.3 is 0 Å². The molecule has 2 aromatic rings. The molecule has 1 aliphatic rings. The standard InChI is InChI=1S/C23H30FN3O3/c1-5-25-22(27-15-23(10-11-23)17-6-8-18(24)9-7-17)26-14-16-12-19(28-2)21(30-4)20(13-16)29-3/h6-9,12-13H,5,10-11,14-15H2,1-4H3,(H2,25,26,27). The summed E-state index contributed by atoms with van der Waals surface area (Å²) in [6.07, 6.45) is 2.16. The maximum absolute atomic E-state index is 13.3. The molecule has 0 saturated heterocycles. The van der Waals surface area contributed by atoms with Crippen LogP contribution in [0.25, 0.3) is 0 Å². The highest BCUT2D eigenvalue weighted by atomic mass is 19.1. The van der Waals surface area contributed by atoms with Gasteiger partial charge in [-0.1, -0.05) is 12.1 Å². The zero-order chi connectivity index (χ0) is 21.6. The van der Waals surface area contributed by atoms with Gasteiger partial charge in [0.25, 0.3) is 0 Å². The lowest BCUT2D eigenvalue weighted by Gasteiger charge is -2.19.